The third-order valence-corrected chi connectivity index (χ3v) is 5.59. The Balaban J connectivity index is 1.56. The quantitative estimate of drug-likeness (QED) is 0.335. The number of hydrogen-bond acceptors (Lipinski definition) is 2. The van der Waals surface area contributed by atoms with Gasteiger partial charge in [-0.05, 0) is 54.5 Å². The Labute approximate surface area is 173 Å². The van der Waals surface area contributed by atoms with Crippen molar-refractivity contribution in [3.05, 3.63) is 58.9 Å². The molecule has 0 heterocycles. The van der Waals surface area contributed by atoms with E-state index in [2.05, 4.69) is 6.92 Å². The Kier molecular flexibility index (Phi) is 7.56. The average molecular weight is 428 g/mol. The van der Waals surface area contributed by atoms with Crippen LogP contribution in [0.25, 0.3) is 0 Å². The molecule has 164 valence electrons. The van der Waals surface area contributed by atoms with Crippen molar-refractivity contribution in [3.63, 3.8) is 0 Å². The van der Waals surface area contributed by atoms with Gasteiger partial charge >= 0.3 is 0 Å². The van der Waals surface area contributed by atoms with Gasteiger partial charge in [-0.2, -0.15) is 8.78 Å². The Morgan fingerprint density at radius 2 is 1.30 bits per heavy atom. The highest BCUT2D eigenvalue weighted by molar-refractivity contribution is 5.35. The molecule has 2 aromatic carbocycles. The second-order valence-corrected chi connectivity index (χ2v) is 7.84. The topological polar surface area (TPSA) is 18.5 Å². The number of hydrogen-bond donors (Lipinski definition) is 0. The van der Waals surface area contributed by atoms with E-state index in [-0.39, 0.29) is 11.3 Å². The van der Waals surface area contributed by atoms with Crippen molar-refractivity contribution >= 4 is 0 Å². The van der Waals surface area contributed by atoms with E-state index in [1.807, 2.05) is 0 Å². The second-order valence-electron chi connectivity index (χ2n) is 7.84. The molecule has 2 nitrogen and oxygen atoms in total. The van der Waals surface area contributed by atoms with Crippen LogP contribution in [-0.2, 0) is 6.61 Å². The van der Waals surface area contributed by atoms with Crippen LogP contribution in [0.4, 0.5) is 22.0 Å². The van der Waals surface area contributed by atoms with Crippen LogP contribution in [0.15, 0.2) is 24.3 Å². The molecule has 0 N–H and O–H groups in total. The summed E-state index contributed by atoms with van der Waals surface area (Å²) in [6, 6.07) is 3.93. The lowest BCUT2D eigenvalue weighted by molar-refractivity contribution is 0.172. The molecule has 1 aliphatic rings. The molecule has 0 aromatic heterocycles. The Bertz CT molecular complexity index is 840. The maximum atomic E-state index is 14.3. The summed E-state index contributed by atoms with van der Waals surface area (Å²) in [5.74, 6) is -6.35. The number of halogens is 5. The van der Waals surface area contributed by atoms with Gasteiger partial charge in [0, 0.05) is 0 Å². The first-order chi connectivity index (χ1) is 14.4. The zero-order valence-corrected chi connectivity index (χ0v) is 16.8. The van der Waals surface area contributed by atoms with Crippen molar-refractivity contribution in [1.82, 2.24) is 0 Å². The summed E-state index contributed by atoms with van der Waals surface area (Å²) in [4.78, 5) is 0. The van der Waals surface area contributed by atoms with Gasteiger partial charge in [0.15, 0.2) is 29.0 Å². The van der Waals surface area contributed by atoms with E-state index in [0.29, 0.717) is 12.5 Å². The van der Waals surface area contributed by atoms with Gasteiger partial charge in [-0.3, -0.25) is 0 Å². The van der Waals surface area contributed by atoms with E-state index >= 15 is 0 Å². The fraction of sp³-hybridized carbons (Fsp3) is 0.478. The van der Waals surface area contributed by atoms with Crippen molar-refractivity contribution < 1.29 is 31.4 Å². The van der Waals surface area contributed by atoms with Gasteiger partial charge in [0.1, 0.15) is 6.61 Å². The summed E-state index contributed by atoms with van der Waals surface area (Å²) in [5, 5.41) is 0. The van der Waals surface area contributed by atoms with Crippen LogP contribution in [0.3, 0.4) is 0 Å². The minimum atomic E-state index is -1.60. The second kappa shape index (κ2) is 10.1. The lowest BCUT2D eigenvalue weighted by Gasteiger charge is -2.28. The Morgan fingerprint density at radius 3 is 1.87 bits per heavy atom. The average Bonchev–Trinajstić information content (AvgIpc) is 2.73. The fourth-order valence-electron chi connectivity index (χ4n) is 3.89. The highest BCUT2D eigenvalue weighted by atomic mass is 19.2. The fourth-order valence-corrected chi connectivity index (χ4v) is 3.89. The number of rotatable bonds is 8. The maximum absolute atomic E-state index is 14.3. The molecule has 1 saturated carbocycles. The zero-order chi connectivity index (χ0) is 21.7. The van der Waals surface area contributed by atoms with Crippen LogP contribution in [-0.4, -0.2) is 6.61 Å². The molecule has 0 unspecified atom stereocenters. The van der Waals surface area contributed by atoms with Gasteiger partial charge in [0.05, 0.1) is 6.61 Å². The minimum Gasteiger partial charge on any atom is -0.490 e. The predicted octanol–water partition coefficient (Wildman–Crippen LogP) is 6.95. The van der Waals surface area contributed by atoms with Crippen molar-refractivity contribution in [2.24, 2.45) is 11.8 Å². The first kappa shape index (κ1) is 22.4. The van der Waals surface area contributed by atoms with Gasteiger partial charge in [-0.25, -0.2) is 13.2 Å². The van der Waals surface area contributed by atoms with Crippen molar-refractivity contribution in [1.29, 1.82) is 0 Å². The summed E-state index contributed by atoms with van der Waals surface area (Å²) in [5.41, 5.74) is -0.0507. The highest BCUT2D eigenvalue weighted by Crippen LogP contribution is 2.33. The van der Waals surface area contributed by atoms with Crippen LogP contribution in [0.1, 0.15) is 51.0 Å². The highest BCUT2D eigenvalue weighted by Gasteiger charge is 2.22. The van der Waals surface area contributed by atoms with Gasteiger partial charge in [-0.15, -0.1) is 0 Å². The van der Waals surface area contributed by atoms with E-state index in [0.717, 1.165) is 43.7 Å². The minimum absolute atomic E-state index is 0.0507. The molecule has 0 bridgehead atoms. The largest absolute Gasteiger partial charge is 0.490 e. The molecular weight excluding hydrogens is 403 g/mol. The molecule has 0 amide bonds. The molecule has 0 spiro atoms. The zero-order valence-electron chi connectivity index (χ0n) is 16.8. The third kappa shape index (κ3) is 5.43. The van der Waals surface area contributed by atoms with E-state index in [4.69, 9.17) is 9.47 Å². The first-order valence-electron chi connectivity index (χ1n) is 10.3. The van der Waals surface area contributed by atoms with Gasteiger partial charge in [-0.1, -0.05) is 32.6 Å². The monoisotopic (exact) mass is 428 g/mol. The summed E-state index contributed by atoms with van der Waals surface area (Å²) < 4.78 is 78.7. The van der Waals surface area contributed by atoms with Gasteiger partial charge in [0.25, 0.3) is 0 Å². The van der Waals surface area contributed by atoms with Crippen LogP contribution in [0.2, 0.25) is 0 Å². The van der Waals surface area contributed by atoms with Crippen LogP contribution in [0.5, 0.6) is 11.5 Å². The molecule has 30 heavy (non-hydrogen) atoms. The molecule has 0 aliphatic heterocycles. The predicted molar refractivity (Wildman–Crippen MR) is 103 cm³/mol. The molecular formula is C23H25F5O2. The number of ether oxygens (including phenoxy) is 2. The molecule has 2 aromatic rings. The lowest BCUT2D eigenvalue weighted by Crippen LogP contribution is -2.20. The van der Waals surface area contributed by atoms with E-state index in [1.54, 1.807) is 0 Å². The van der Waals surface area contributed by atoms with Gasteiger partial charge < -0.3 is 9.47 Å². The van der Waals surface area contributed by atoms with Crippen molar-refractivity contribution in [3.8, 4) is 11.5 Å². The summed E-state index contributed by atoms with van der Waals surface area (Å²) in [6.45, 7) is 2.05. The standard InChI is InChI=1S/C23H25F5O2/c1-2-3-14-4-6-15(7-5-14)12-29-19-8-9-20(23(28)22(19)27)30-13-16-10-17(24)21(26)18(25)11-16/h8-11,14-15H,2-7,12-13H2,1H3. The first-order valence-corrected chi connectivity index (χ1v) is 10.3. The maximum Gasteiger partial charge on any atom is 0.204 e. The molecule has 0 radical (unpaired) electrons. The summed E-state index contributed by atoms with van der Waals surface area (Å²) in [6.07, 6.45) is 6.70. The third-order valence-electron chi connectivity index (χ3n) is 5.59. The molecule has 0 saturated heterocycles. The Morgan fingerprint density at radius 1 is 0.767 bits per heavy atom. The van der Waals surface area contributed by atoms with Crippen LogP contribution < -0.4 is 9.47 Å². The summed E-state index contributed by atoms with van der Waals surface area (Å²) >= 11 is 0. The van der Waals surface area contributed by atoms with E-state index < -0.39 is 41.4 Å². The van der Waals surface area contributed by atoms with Crippen LogP contribution >= 0.6 is 0 Å². The van der Waals surface area contributed by atoms with E-state index in [1.165, 1.54) is 25.0 Å². The van der Waals surface area contributed by atoms with E-state index in [9.17, 15) is 22.0 Å². The number of benzene rings is 2. The normalized spacial score (nSPS) is 19.0. The smallest absolute Gasteiger partial charge is 0.204 e. The molecule has 1 aliphatic carbocycles. The van der Waals surface area contributed by atoms with Crippen LogP contribution in [0, 0.1) is 40.9 Å². The molecule has 0 atom stereocenters. The lowest BCUT2D eigenvalue weighted by atomic mass is 9.80. The molecule has 3 rings (SSSR count). The molecule has 7 heteroatoms. The van der Waals surface area contributed by atoms with Crippen molar-refractivity contribution in [2.45, 2.75) is 52.1 Å². The summed E-state index contributed by atoms with van der Waals surface area (Å²) in [7, 11) is 0. The SMILES string of the molecule is CCCC1CCC(COc2ccc(OCc3cc(F)c(F)c(F)c3)c(F)c2F)CC1. The Hall–Kier alpha value is -2.31. The van der Waals surface area contributed by atoms with Crippen molar-refractivity contribution in [2.75, 3.05) is 6.61 Å². The van der Waals surface area contributed by atoms with Gasteiger partial charge in [0.2, 0.25) is 11.6 Å². The molecule has 1 fully saturated rings.